The molecule has 198 valence electrons. The first kappa shape index (κ1) is 26.6. The molecule has 0 aromatic heterocycles. The summed E-state index contributed by atoms with van der Waals surface area (Å²) >= 11 is 0. The molecule has 2 fully saturated rings. The maximum absolute atomic E-state index is 11.9. The highest BCUT2D eigenvalue weighted by molar-refractivity contribution is 5.67. The highest BCUT2D eigenvalue weighted by atomic mass is 16.6. The Labute approximate surface area is 214 Å². The number of ether oxygens (including phenoxy) is 4. The summed E-state index contributed by atoms with van der Waals surface area (Å²) in [5.41, 5.74) is 0. The highest BCUT2D eigenvalue weighted by Crippen LogP contribution is 2.53. The monoisotopic (exact) mass is 500 g/mol. The summed E-state index contributed by atoms with van der Waals surface area (Å²) < 4.78 is 21.7. The molecule has 36 heavy (non-hydrogen) atoms. The van der Waals surface area contributed by atoms with Crippen LogP contribution in [0.2, 0.25) is 0 Å². The van der Waals surface area contributed by atoms with Crippen molar-refractivity contribution in [2.24, 2.45) is 35.5 Å². The highest BCUT2D eigenvalue weighted by Gasteiger charge is 2.50. The largest absolute Gasteiger partial charge is 0.449 e. The molecule has 0 aromatic carbocycles. The molecular weight excluding hydrogens is 460 g/mol. The van der Waals surface area contributed by atoms with Crippen LogP contribution < -0.4 is 10.6 Å². The Bertz CT molecular complexity index is 750. The van der Waals surface area contributed by atoms with Crippen molar-refractivity contribution in [3.8, 4) is 23.7 Å². The number of carbonyl (C=O) groups excluding carboxylic acids is 2. The lowest BCUT2D eigenvalue weighted by Gasteiger charge is -2.09. The van der Waals surface area contributed by atoms with E-state index in [1.807, 2.05) is 0 Å². The van der Waals surface area contributed by atoms with E-state index < -0.39 is 0 Å². The molecule has 8 nitrogen and oxygen atoms in total. The Morgan fingerprint density at radius 2 is 0.944 bits per heavy atom. The van der Waals surface area contributed by atoms with Gasteiger partial charge in [0, 0.05) is 38.8 Å². The van der Waals surface area contributed by atoms with Gasteiger partial charge in [0.1, 0.15) is 0 Å². The molecule has 0 aliphatic heterocycles. The second kappa shape index (κ2) is 14.4. The van der Waals surface area contributed by atoms with Crippen molar-refractivity contribution in [3.05, 3.63) is 0 Å². The van der Waals surface area contributed by atoms with Gasteiger partial charge in [-0.2, -0.15) is 0 Å². The Morgan fingerprint density at radius 1 is 0.583 bits per heavy atom. The number of fused-ring (bicyclic) bond motifs is 2. The lowest BCUT2D eigenvalue weighted by molar-refractivity contribution is 0.0485. The molecule has 0 radical (unpaired) electrons. The fraction of sp³-hybridized carbons (Fsp3) is 0.786. The third-order valence-corrected chi connectivity index (χ3v) is 7.90. The molecule has 4 atom stereocenters. The van der Waals surface area contributed by atoms with Crippen molar-refractivity contribution in [1.82, 2.24) is 10.6 Å². The molecule has 0 aromatic rings. The van der Waals surface area contributed by atoms with E-state index in [4.69, 9.17) is 18.9 Å². The summed E-state index contributed by atoms with van der Waals surface area (Å²) in [5.74, 6) is 16.5. The average Bonchev–Trinajstić information content (AvgIpc) is 3.70. The second-order valence-corrected chi connectivity index (χ2v) is 10.1. The average molecular weight is 501 g/mol. The van der Waals surface area contributed by atoms with E-state index in [2.05, 4.69) is 34.3 Å². The molecule has 0 saturated heterocycles. The number of hydrogen-bond donors (Lipinski definition) is 2. The third kappa shape index (κ3) is 8.61. The molecule has 0 bridgehead atoms. The van der Waals surface area contributed by atoms with Gasteiger partial charge in [-0.1, -0.05) is 0 Å². The molecule has 4 rings (SSSR count). The minimum Gasteiger partial charge on any atom is -0.449 e. The van der Waals surface area contributed by atoms with Crippen LogP contribution in [-0.4, -0.2) is 64.9 Å². The summed E-state index contributed by atoms with van der Waals surface area (Å²) in [6.45, 7) is 3.41. The molecule has 2 amide bonds. The van der Waals surface area contributed by atoms with Gasteiger partial charge in [0.15, 0.2) is 0 Å². The quantitative estimate of drug-likeness (QED) is 0.298. The van der Waals surface area contributed by atoms with Crippen LogP contribution in [0.4, 0.5) is 9.59 Å². The van der Waals surface area contributed by atoms with Gasteiger partial charge in [-0.25, -0.2) is 9.59 Å². The van der Waals surface area contributed by atoms with Gasteiger partial charge in [-0.05, 0) is 61.2 Å². The third-order valence-electron chi connectivity index (χ3n) is 7.90. The summed E-state index contributed by atoms with van der Waals surface area (Å²) in [7, 11) is 0. The predicted octanol–water partition coefficient (Wildman–Crippen LogP) is 3.35. The zero-order valence-electron chi connectivity index (χ0n) is 21.2. The number of rotatable bonds is 13. The van der Waals surface area contributed by atoms with E-state index in [9.17, 15) is 9.59 Å². The van der Waals surface area contributed by atoms with E-state index in [-0.39, 0.29) is 12.2 Å². The van der Waals surface area contributed by atoms with Crippen LogP contribution in [0.1, 0.15) is 51.4 Å². The minimum atomic E-state index is -0.385. The van der Waals surface area contributed by atoms with Gasteiger partial charge in [0.25, 0.3) is 0 Å². The van der Waals surface area contributed by atoms with E-state index in [0.717, 1.165) is 51.4 Å². The molecule has 4 unspecified atom stereocenters. The predicted molar refractivity (Wildman–Crippen MR) is 134 cm³/mol. The van der Waals surface area contributed by atoms with E-state index in [1.165, 1.54) is 0 Å². The van der Waals surface area contributed by atoms with E-state index >= 15 is 0 Å². The molecule has 0 spiro atoms. The van der Waals surface area contributed by atoms with Crippen molar-refractivity contribution in [2.45, 2.75) is 51.4 Å². The van der Waals surface area contributed by atoms with Crippen LogP contribution in [0.3, 0.4) is 0 Å². The van der Waals surface area contributed by atoms with E-state index in [1.54, 1.807) is 0 Å². The van der Waals surface area contributed by atoms with E-state index in [0.29, 0.717) is 88.2 Å². The number of carbonyl (C=O) groups is 2. The molecule has 0 heterocycles. The normalized spacial score (nSPS) is 29.6. The van der Waals surface area contributed by atoms with Crippen LogP contribution in [0, 0.1) is 59.2 Å². The minimum absolute atomic E-state index is 0.385. The SMILES string of the molecule is O=C(NCCOCCOCCNC(=O)OCC1C2CCC#CCCC21)OCC1C2CCC#CCCC21. The summed E-state index contributed by atoms with van der Waals surface area (Å²) in [4.78, 5) is 23.7. The molecule has 4 aliphatic carbocycles. The fourth-order valence-electron chi connectivity index (χ4n) is 5.78. The standard InChI is InChI=1S/C28H40N2O6/c31-27(35-19-25-21-9-5-1-2-6-10-22(21)25)29-13-15-33-17-18-34-16-14-30-28(32)36-20-26-23-11-7-3-4-8-12-24(23)26/h21-26H,5-20H2,(H,29,31)(H,30,32). The Morgan fingerprint density at radius 3 is 1.31 bits per heavy atom. The maximum Gasteiger partial charge on any atom is 0.407 e. The van der Waals surface area contributed by atoms with Crippen molar-refractivity contribution in [1.29, 1.82) is 0 Å². The Hall–Kier alpha value is -2.42. The van der Waals surface area contributed by atoms with Gasteiger partial charge in [0.2, 0.25) is 0 Å². The van der Waals surface area contributed by atoms with Gasteiger partial charge in [0.05, 0.1) is 39.6 Å². The molecular formula is C28H40N2O6. The lowest BCUT2D eigenvalue weighted by atomic mass is 10.1. The van der Waals surface area contributed by atoms with Crippen molar-refractivity contribution in [2.75, 3.05) is 52.7 Å². The second-order valence-electron chi connectivity index (χ2n) is 10.1. The van der Waals surface area contributed by atoms with Crippen LogP contribution in [0.5, 0.6) is 0 Å². The first-order valence-electron chi connectivity index (χ1n) is 13.6. The summed E-state index contributed by atoms with van der Waals surface area (Å²) in [6.07, 6.45) is 7.59. The van der Waals surface area contributed by atoms with Crippen molar-refractivity contribution < 1.29 is 28.5 Å². The number of nitrogens with one attached hydrogen (secondary N) is 2. The van der Waals surface area contributed by atoms with Gasteiger partial charge >= 0.3 is 12.2 Å². The molecule has 4 aliphatic rings. The fourth-order valence-corrected chi connectivity index (χ4v) is 5.78. The topological polar surface area (TPSA) is 95.1 Å². The van der Waals surface area contributed by atoms with Crippen molar-refractivity contribution in [3.63, 3.8) is 0 Å². The number of alkyl carbamates (subject to hydrolysis) is 2. The first-order chi connectivity index (χ1) is 17.7. The van der Waals surface area contributed by atoms with Crippen LogP contribution in [0.25, 0.3) is 0 Å². The van der Waals surface area contributed by atoms with Crippen LogP contribution in [-0.2, 0) is 18.9 Å². The summed E-state index contributed by atoms with van der Waals surface area (Å²) in [5, 5.41) is 5.45. The van der Waals surface area contributed by atoms with Crippen molar-refractivity contribution >= 4 is 12.2 Å². The lowest BCUT2D eigenvalue weighted by Crippen LogP contribution is -2.30. The maximum atomic E-state index is 11.9. The van der Waals surface area contributed by atoms with Gasteiger partial charge in [-0.3, -0.25) is 0 Å². The molecule has 2 N–H and O–H groups in total. The first-order valence-corrected chi connectivity index (χ1v) is 13.6. The Balaban J connectivity index is 0.896. The Kier molecular flexibility index (Phi) is 10.6. The zero-order chi connectivity index (χ0) is 25.0. The molecule has 8 heteroatoms. The van der Waals surface area contributed by atoms with Crippen LogP contribution in [0.15, 0.2) is 0 Å². The number of hydrogen-bond acceptors (Lipinski definition) is 6. The molecule has 2 saturated carbocycles. The van der Waals surface area contributed by atoms with Crippen LogP contribution >= 0.6 is 0 Å². The number of amides is 2. The van der Waals surface area contributed by atoms with Gasteiger partial charge in [-0.15, -0.1) is 23.7 Å². The smallest absolute Gasteiger partial charge is 0.407 e. The summed E-state index contributed by atoms with van der Waals surface area (Å²) in [6, 6.07) is 0. The van der Waals surface area contributed by atoms with Gasteiger partial charge < -0.3 is 29.6 Å². The zero-order valence-corrected chi connectivity index (χ0v) is 21.2.